The van der Waals surface area contributed by atoms with E-state index in [-0.39, 0.29) is 24.4 Å². The highest BCUT2D eigenvalue weighted by atomic mass is 16.4. The van der Waals surface area contributed by atoms with Crippen LogP contribution >= 0.6 is 0 Å². The number of hydrogen-bond acceptors (Lipinski definition) is 3. The molecule has 0 spiro atoms. The Balaban J connectivity index is 2.32. The zero-order chi connectivity index (χ0) is 14.4. The van der Waals surface area contributed by atoms with Crippen molar-refractivity contribution in [3.63, 3.8) is 0 Å². The fourth-order valence-electron chi connectivity index (χ4n) is 1.90. The summed E-state index contributed by atoms with van der Waals surface area (Å²) in [5, 5.41) is 11.4. The van der Waals surface area contributed by atoms with Gasteiger partial charge in [0.1, 0.15) is 0 Å². The molecule has 1 aliphatic rings. The van der Waals surface area contributed by atoms with Gasteiger partial charge in [-0.15, -0.1) is 0 Å². The zero-order valence-electron chi connectivity index (χ0n) is 11.4. The number of hydrogen-bond donors (Lipinski definition) is 2. The van der Waals surface area contributed by atoms with Crippen LogP contribution in [0.1, 0.15) is 19.8 Å². The van der Waals surface area contributed by atoms with Crippen molar-refractivity contribution < 1.29 is 19.5 Å². The molecule has 2 N–H and O–H groups in total. The predicted octanol–water partition coefficient (Wildman–Crippen LogP) is -0.0291. The Labute approximate surface area is 112 Å². The molecule has 1 fully saturated rings. The fraction of sp³-hybridized carbons (Fsp3) is 0.750. The molecule has 1 rings (SSSR count). The third-order valence-electron chi connectivity index (χ3n) is 3.42. The lowest BCUT2D eigenvalue weighted by atomic mass is 9.97. The third kappa shape index (κ3) is 4.42. The van der Waals surface area contributed by atoms with Gasteiger partial charge >= 0.3 is 12.0 Å². The molecule has 0 atom stereocenters. The molecule has 1 aliphatic heterocycles. The molecule has 0 bridgehead atoms. The summed E-state index contributed by atoms with van der Waals surface area (Å²) in [4.78, 5) is 37.2. The van der Waals surface area contributed by atoms with E-state index in [4.69, 9.17) is 5.11 Å². The van der Waals surface area contributed by atoms with Gasteiger partial charge in [0, 0.05) is 26.7 Å². The monoisotopic (exact) mass is 271 g/mol. The van der Waals surface area contributed by atoms with Crippen LogP contribution in [0.5, 0.6) is 0 Å². The summed E-state index contributed by atoms with van der Waals surface area (Å²) in [6.07, 6.45) is 0.928. The summed E-state index contributed by atoms with van der Waals surface area (Å²) >= 11 is 0. The number of nitrogens with one attached hydrogen (secondary N) is 1. The van der Waals surface area contributed by atoms with Crippen LogP contribution in [0, 0.1) is 5.92 Å². The standard InChI is InChI=1S/C12H21N3O4/c1-3-14(2)10(16)8-13-12(19)15-6-4-9(5-7-15)11(17)18/h9H,3-8H2,1-2H3,(H,13,19)(H,17,18). The highest BCUT2D eigenvalue weighted by Crippen LogP contribution is 2.16. The Morgan fingerprint density at radius 2 is 1.89 bits per heavy atom. The van der Waals surface area contributed by atoms with Crippen molar-refractivity contribution >= 4 is 17.9 Å². The second-order valence-electron chi connectivity index (χ2n) is 4.67. The molecule has 0 unspecified atom stereocenters. The molecule has 0 radical (unpaired) electrons. The van der Waals surface area contributed by atoms with E-state index in [1.807, 2.05) is 6.92 Å². The van der Waals surface area contributed by atoms with Crippen LogP contribution in [0.3, 0.4) is 0 Å². The van der Waals surface area contributed by atoms with Crippen molar-refractivity contribution in [2.24, 2.45) is 5.92 Å². The normalized spacial score (nSPS) is 16.0. The number of likely N-dealkylation sites (tertiary alicyclic amines) is 1. The summed E-state index contributed by atoms with van der Waals surface area (Å²) in [6.45, 7) is 3.26. The molecule has 0 aromatic carbocycles. The largest absolute Gasteiger partial charge is 0.481 e. The van der Waals surface area contributed by atoms with Gasteiger partial charge in [0.15, 0.2) is 0 Å². The van der Waals surface area contributed by atoms with Crippen LogP contribution < -0.4 is 5.32 Å². The van der Waals surface area contributed by atoms with Crippen molar-refractivity contribution in [2.45, 2.75) is 19.8 Å². The molecule has 1 saturated heterocycles. The summed E-state index contributed by atoms with van der Waals surface area (Å²) < 4.78 is 0. The first-order valence-corrected chi connectivity index (χ1v) is 6.45. The Bertz CT molecular complexity index is 351. The zero-order valence-corrected chi connectivity index (χ0v) is 11.4. The molecule has 108 valence electrons. The number of nitrogens with zero attached hydrogens (tertiary/aromatic N) is 2. The lowest BCUT2D eigenvalue weighted by Gasteiger charge is -2.30. The van der Waals surface area contributed by atoms with Crippen LogP contribution in [0.25, 0.3) is 0 Å². The number of carboxylic acids is 1. The van der Waals surface area contributed by atoms with Crippen LogP contribution in [0.15, 0.2) is 0 Å². The van der Waals surface area contributed by atoms with Crippen LogP contribution in [0.2, 0.25) is 0 Å². The van der Waals surface area contributed by atoms with E-state index < -0.39 is 5.97 Å². The van der Waals surface area contributed by atoms with Gasteiger partial charge < -0.3 is 20.2 Å². The molecule has 1 heterocycles. The van der Waals surface area contributed by atoms with Crippen LogP contribution in [0.4, 0.5) is 4.79 Å². The minimum Gasteiger partial charge on any atom is -0.481 e. The van der Waals surface area contributed by atoms with Crippen LogP contribution in [-0.4, -0.2) is 66.0 Å². The van der Waals surface area contributed by atoms with E-state index in [0.717, 1.165) is 0 Å². The van der Waals surface area contributed by atoms with Crippen molar-refractivity contribution in [3.05, 3.63) is 0 Å². The van der Waals surface area contributed by atoms with Gasteiger partial charge in [-0.05, 0) is 19.8 Å². The summed E-state index contributed by atoms with van der Waals surface area (Å²) in [5.41, 5.74) is 0. The van der Waals surface area contributed by atoms with Gasteiger partial charge in [-0.3, -0.25) is 9.59 Å². The van der Waals surface area contributed by atoms with E-state index in [0.29, 0.717) is 32.5 Å². The number of rotatable bonds is 4. The SMILES string of the molecule is CCN(C)C(=O)CNC(=O)N1CCC(C(=O)O)CC1. The molecule has 3 amide bonds. The number of carbonyl (C=O) groups is 3. The number of amides is 3. The average molecular weight is 271 g/mol. The molecular formula is C12H21N3O4. The molecular weight excluding hydrogens is 250 g/mol. The van der Waals surface area contributed by atoms with E-state index >= 15 is 0 Å². The second kappa shape index (κ2) is 6.96. The van der Waals surface area contributed by atoms with Gasteiger partial charge in [0.05, 0.1) is 12.5 Å². The number of likely N-dealkylation sites (N-methyl/N-ethyl adjacent to an activating group) is 1. The van der Waals surface area contributed by atoms with Gasteiger partial charge in [0.2, 0.25) is 5.91 Å². The first-order chi connectivity index (χ1) is 8.95. The Morgan fingerprint density at radius 3 is 2.37 bits per heavy atom. The Morgan fingerprint density at radius 1 is 1.32 bits per heavy atom. The summed E-state index contributed by atoms with van der Waals surface area (Å²) in [5.74, 6) is -1.31. The van der Waals surface area contributed by atoms with E-state index in [2.05, 4.69) is 5.32 Å². The Kier molecular flexibility index (Phi) is 5.59. The molecule has 0 saturated carbocycles. The number of piperidine rings is 1. The maximum Gasteiger partial charge on any atom is 0.317 e. The lowest BCUT2D eigenvalue weighted by Crippen LogP contribution is -2.48. The number of aliphatic carboxylic acids is 1. The van der Waals surface area contributed by atoms with Crippen molar-refractivity contribution in [2.75, 3.05) is 33.2 Å². The highest BCUT2D eigenvalue weighted by Gasteiger charge is 2.27. The van der Waals surface area contributed by atoms with E-state index in [1.54, 1.807) is 11.9 Å². The summed E-state index contributed by atoms with van der Waals surface area (Å²) in [6, 6.07) is -0.304. The molecule has 7 nitrogen and oxygen atoms in total. The van der Waals surface area contributed by atoms with E-state index in [9.17, 15) is 14.4 Å². The van der Waals surface area contributed by atoms with E-state index in [1.165, 1.54) is 4.90 Å². The molecule has 0 aliphatic carbocycles. The van der Waals surface area contributed by atoms with Crippen molar-refractivity contribution in [3.8, 4) is 0 Å². The number of urea groups is 1. The smallest absolute Gasteiger partial charge is 0.317 e. The van der Waals surface area contributed by atoms with Gasteiger partial charge in [-0.2, -0.15) is 0 Å². The fourth-order valence-corrected chi connectivity index (χ4v) is 1.90. The Hall–Kier alpha value is -1.79. The van der Waals surface area contributed by atoms with Crippen LogP contribution in [-0.2, 0) is 9.59 Å². The second-order valence-corrected chi connectivity index (χ2v) is 4.67. The van der Waals surface area contributed by atoms with Gasteiger partial charge in [0.25, 0.3) is 0 Å². The topological polar surface area (TPSA) is 90.0 Å². The lowest BCUT2D eigenvalue weighted by molar-refractivity contribution is -0.143. The number of carbonyl (C=O) groups excluding carboxylic acids is 2. The van der Waals surface area contributed by atoms with Gasteiger partial charge in [-0.1, -0.05) is 0 Å². The van der Waals surface area contributed by atoms with Gasteiger partial charge in [-0.25, -0.2) is 4.79 Å². The molecule has 19 heavy (non-hydrogen) atoms. The average Bonchev–Trinajstić information content (AvgIpc) is 2.43. The first-order valence-electron chi connectivity index (χ1n) is 6.45. The minimum absolute atomic E-state index is 0.0258. The molecule has 0 aromatic rings. The number of carboxylic acid groups (broad SMARTS) is 1. The first kappa shape index (κ1) is 15.3. The summed E-state index contributed by atoms with van der Waals surface area (Å²) in [7, 11) is 1.67. The maximum absolute atomic E-state index is 11.8. The quantitative estimate of drug-likeness (QED) is 0.751. The molecule has 7 heteroatoms. The minimum atomic E-state index is -0.806. The molecule has 0 aromatic heterocycles. The maximum atomic E-state index is 11.8. The predicted molar refractivity (Wildman–Crippen MR) is 68.6 cm³/mol. The van der Waals surface area contributed by atoms with Crippen molar-refractivity contribution in [1.82, 2.24) is 15.1 Å². The van der Waals surface area contributed by atoms with Crippen molar-refractivity contribution in [1.29, 1.82) is 0 Å². The third-order valence-corrected chi connectivity index (χ3v) is 3.42. The highest BCUT2D eigenvalue weighted by molar-refractivity contribution is 5.84.